The highest BCUT2D eigenvalue weighted by Crippen LogP contribution is 2.48. The standard InChI is InChI=1S/C25H30N4O4/c1-5-10-16(2)26-20-21(25(33)29(24(20)32)15-17-11-7-6-8-12-17)27-19-14-9-13-18(22(19)30)23(31)28(3)4/h6-9,11-14,27,30,32-33H,5,10,15H2,1-4H3. The maximum Gasteiger partial charge on any atom is 0.257 e. The molecule has 174 valence electrons. The average Bonchev–Trinajstić information content (AvgIpc) is 2.99. The highest BCUT2D eigenvalue weighted by Gasteiger charge is 2.25. The van der Waals surface area contributed by atoms with Gasteiger partial charge in [-0.3, -0.25) is 14.4 Å². The Bertz CT molecular complexity index is 1170. The second-order valence-electron chi connectivity index (χ2n) is 8.07. The monoisotopic (exact) mass is 450 g/mol. The first-order valence-electron chi connectivity index (χ1n) is 10.8. The molecule has 1 heterocycles. The van der Waals surface area contributed by atoms with Crippen LogP contribution in [-0.2, 0) is 6.54 Å². The van der Waals surface area contributed by atoms with Gasteiger partial charge in [0.1, 0.15) is 5.69 Å². The van der Waals surface area contributed by atoms with Crippen LogP contribution in [0.5, 0.6) is 17.5 Å². The third-order valence-electron chi connectivity index (χ3n) is 5.21. The molecule has 3 aromatic rings. The van der Waals surface area contributed by atoms with Crippen LogP contribution in [0.1, 0.15) is 42.6 Å². The minimum absolute atomic E-state index is 0.115. The predicted molar refractivity (Wildman–Crippen MR) is 130 cm³/mol. The van der Waals surface area contributed by atoms with Crippen molar-refractivity contribution in [3.63, 3.8) is 0 Å². The number of anilines is 2. The fraction of sp³-hybridized carbons (Fsp3) is 0.280. The van der Waals surface area contributed by atoms with Crippen molar-refractivity contribution in [3.05, 3.63) is 59.7 Å². The maximum absolute atomic E-state index is 12.4. The number of phenolic OH excluding ortho intramolecular Hbond substituents is 1. The van der Waals surface area contributed by atoms with Gasteiger partial charge in [-0.05, 0) is 31.0 Å². The van der Waals surface area contributed by atoms with Crippen molar-refractivity contribution >= 4 is 28.7 Å². The minimum atomic E-state index is -0.359. The van der Waals surface area contributed by atoms with Gasteiger partial charge in [0, 0.05) is 19.8 Å². The molecule has 8 nitrogen and oxygen atoms in total. The number of aromatic nitrogens is 1. The fourth-order valence-corrected chi connectivity index (χ4v) is 3.52. The van der Waals surface area contributed by atoms with Gasteiger partial charge < -0.3 is 25.5 Å². The number of nitrogens with zero attached hydrogens (tertiary/aromatic N) is 3. The molecule has 0 fully saturated rings. The van der Waals surface area contributed by atoms with E-state index >= 15 is 0 Å². The molecule has 1 aromatic heterocycles. The van der Waals surface area contributed by atoms with Gasteiger partial charge in [0.15, 0.2) is 11.4 Å². The normalized spacial score (nSPS) is 11.5. The highest BCUT2D eigenvalue weighted by atomic mass is 16.3. The van der Waals surface area contributed by atoms with Gasteiger partial charge in [0.05, 0.1) is 17.8 Å². The first-order valence-corrected chi connectivity index (χ1v) is 10.8. The lowest BCUT2D eigenvalue weighted by atomic mass is 10.1. The molecule has 1 amide bonds. The number of hydrogen-bond donors (Lipinski definition) is 4. The number of hydrogen-bond acceptors (Lipinski definition) is 6. The number of benzene rings is 2. The van der Waals surface area contributed by atoms with E-state index < -0.39 is 0 Å². The van der Waals surface area contributed by atoms with Crippen LogP contribution >= 0.6 is 0 Å². The van der Waals surface area contributed by atoms with Crippen molar-refractivity contribution in [1.82, 2.24) is 9.47 Å². The second-order valence-corrected chi connectivity index (χ2v) is 8.07. The van der Waals surface area contributed by atoms with Crippen LogP contribution in [0.15, 0.2) is 53.5 Å². The number of nitrogens with one attached hydrogen (secondary N) is 1. The zero-order chi connectivity index (χ0) is 24.1. The van der Waals surface area contributed by atoms with Gasteiger partial charge in [0.25, 0.3) is 5.91 Å². The van der Waals surface area contributed by atoms with E-state index in [2.05, 4.69) is 10.3 Å². The minimum Gasteiger partial charge on any atom is -0.505 e. The van der Waals surface area contributed by atoms with E-state index in [0.29, 0.717) is 0 Å². The molecule has 3 rings (SSSR count). The lowest BCUT2D eigenvalue weighted by molar-refractivity contribution is 0.0824. The summed E-state index contributed by atoms with van der Waals surface area (Å²) in [6.07, 6.45) is 1.60. The summed E-state index contributed by atoms with van der Waals surface area (Å²) in [5.41, 5.74) is 2.30. The van der Waals surface area contributed by atoms with E-state index in [-0.39, 0.29) is 52.6 Å². The molecule has 0 atom stereocenters. The zero-order valence-corrected chi connectivity index (χ0v) is 19.3. The van der Waals surface area contributed by atoms with E-state index in [1.807, 2.05) is 44.2 Å². The summed E-state index contributed by atoms with van der Waals surface area (Å²) < 4.78 is 1.35. The van der Waals surface area contributed by atoms with Crippen molar-refractivity contribution in [1.29, 1.82) is 0 Å². The van der Waals surface area contributed by atoms with Crippen molar-refractivity contribution in [3.8, 4) is 17.5 Å². The van der Waals surface area contributed by atoms with E-state index in [4.69, 9.17) is 0 Å². The van der Waals surface area contributed by atoms with Crippen LogP contribution in [0, 0.1) is 0 Å². The van der Waals surface area contributed by atoms with Crippen molar-refractivity contribution < 1.29 is 20.1 Å². The first-order chi connectivity index (χ1) is 15.7. The third kappa shape index (κ3) is 5.11. The van der Waals surface area contributed by atoms with Gasteiger partial charge in [-0.15, -0.1) is 0 Å². The molecule has 2 aromatic carbocycles. The molecule has 0 aliphatic rings. The maximum atomic E-state index is 12.4. The molecule has 0 spiro atoms. The Morgan fingerprint density at radius 1 is 1.03 bits per heavy atom. The van der Waals surface area contributed by atoms with Crippen LogP contribution in [0.3, 0.4) is 0 Å². The van der Waals surface area contributed by atoms with Gasteiger partial charge in [-0.1, -0.05) is 49.7 Å². The molecule has 0 radical (unpaired) electrons. The molecule has 4 N–H and O–H groups in total. The van der Waals surface area contributed by atoms with Crippen LogP contribution in [0.25, 0.3) is 0 Å². The summed E-state index contributed by atoms with van der Waals surface area (Å²) in [6, 6.07) is 14.1. The van der Waals surface area contributed by atoms with E-state index in [1.54, 1.807) is 26.2 Å². The number of carbonyl (C=O) groups is 1. The predicted octanol–water partition coefficient (Wildman–Crippen LogP) is 4.99. The van der Waals surface area contributed by atoms with Crippen LogP contribution < -0.4 is 5.32 Å². The largest absolute Gasteiger partial charge is 0.505 e. The Hall–Kier alpha value is -3.94. The van der Waals surface area contributed by atoms with E-state index in [9.17, 15) is 20.1 Å². The molecule has 0 bridgehead atoms. The average molecular weight is 451 g/mol. The topological polar surface area (TPSA) is 110 Å². The Kier molecular flexibility index (Phi) is 7.27. The summed E-state index contributed by atoms with van der Waals surface area (Å²) in [4.78, 5) is 18.3. The van der Waals surface area contributed by atoms with Crippen molar-refractivity contribution in [2.75, 3.05) is 19.4 Å². The van der Waals surface area contributed by atoms with Crippen molar-refractivity contribution in [2.45, 2.75) is 33.2 Å². The molecule has 0 saturated carbocycles. The lowest BCUT2D eigenvalue weighted by Gasteiger charge is -2.15. The van der Waals surface area contributed by atoms with Crippen molar-refractivity contribution in [2.24, 2.45) is 4.99 Å². The Labute approximate surface area is 193 Å². The number of para-hydroxylation sites is 1. The molecule has 0 unspecified atom stereocenters. The Morgan fingerprint density at radius 3 is 2.36 bits per heavy atom. The molecule has 0 aliphatic heterocycles. The molecule has 33 heavy (non-hydrogen) atoms. The summed E-state index contributed by atoms with van der Waals surface area (Å²) in [5, 5.41) is 35.7. The van der Waals surface area contributed by atoms with E-state index in [0.717, 1.165) is 24.1 Å². The van der Waals surface area contributed by atoms with Crippen LogP contribution in [0.2, 0.25) is 0 Å². The quantitative estimate of drug-likeness (QED) is 0.285. The summed E-state index contributed by atoms with van der Waals surface area (Å²) >= 11 is 0. The lowest BCUT2D eigenvalue weighted by Crippen LogP contribution is -2.21. The molecule has 8 heteroatoms. The first kappa shape index (κ1) is 23.7. The molecule has 0 saturated heterocycles. The number of aromatic hydroxyl groups is 3. The Balaban J connectivity index is 2.11. The summed E-state index contributed by atoms with van der Waals surface area (Å²) in [6.45, 7) is 4.11. The van der Waals surface area contributed by atoms with Gasteiger partial charge in [-0.2, -0.15) is 0 Å². The number of carbonyl (C=O) groups excluding carboxylic acids is 1. The summed E-state index contributed by atoms with van der Waals surface area (Å²) in [7, 11) is 3.19. The number of phenols is 1. The smallest absolute Gasteiger partial charge is 0.257 e. The Morgan fingerprint density at radius 2 is 1.73 bits per heavy atom. The van der Waals surface area contributed by atoms with Gasteiger partial charge in [0.2, 0.25) is 11.8 Å². The SMILES string of the molecule is CCCC(C)=Nc1c(Nc2cccc(C(=O)N(C)C)c2O)c(O)n(Cc2ccccc2)c1O. The fourth-order valence-electron chi connectivity index (χ4n) is 3.52. The van der Waals surface area contributed by atoms with Crippen LogP contribution in [-0.4, -0.2) is 50.5 Å². The molecular weight excluding hydrogens is 420 g/mol. The summed E-state index contributed by atoms with van der Waals surface area (Å²) in [5.74, 6) is -1.05. The zero-order valence-electron chi connectivity index (χ0n) is 19.3. The van der Waals surface area contributed by atoms with Gasteiger partial charge >= 0.3 is 0 Å². The van der Waals surface area contributed by atoms with E-state index in [1.165, 1.54) is 15.5 Å². The third-order valence-corrected chi connectivity index (χ3v) is 5.21. The number of rotatable bonds is 8. The number of aliphatic imine (C=N–C) groups is 1. The molecular formula is C25H30N4O4. The number of amides is 1. The van der Waals surface area contributed by atoms with Crippen LogP contribution in [0.4, 0.5) is 17.1 Å². The second kappa shape index (κ2) is 10.1. The molecule has 0 aliphatic carbocycles. The van der Waals surface area contributed by atoms with Gasteiger partial charge in [-0.25, -0.2) is 0 Å². The highest BCUT2D eigenvalue weighted by molar-refractivity contribution is 5.99.